The molecule has 0 unspecified atom stereocenters. The summed E-state index contributed by atoms with van der Waals surface area (Å²) in [6.45, 7) is 4.73. The Hall–Kier alpha value is -2.30. The quantitative estimate of drug-likeness (QED) is 0.914. The fourth-order valence-corrected chi connectivity index (χ4v) is 2.17. The van der Waals surface area contributed by atoms with E-state index in [2.05, 4.69) is 0 Å². The summed E-state index contributed by atoms with van der Waals surface area (Å²) in [5.74, 6) is 0. The van der Waals surface area contributed by atoms with Gasteiger partial charge in [-0.15, -0.1) is 0 Å². The third-order valence-corrected chi connectivity index (χ3v) is 3.32. The van der Waals surface area contributed by atoms with Crippen LogP contribution in [0.4, 0.5) is 5.69 Å². The Morgan fingerprint density at radius 3 is 2.55 bits per heavy atom. The average molecular weight is 273 g/mol. The van der Waals surface area contributed by atoms with Crippen LogP contribution in [0.1, 0.15) is 24.5 Å². The molecule has 0 bridgehead atoms. The van der Waals surface area contributed by atoms with E-state index in [0.29, 0.717) is 6.54 Å². The van der Waals surface area contributed by atoms with Crippen molar-refractivity contribution in [2.45, 2.75) is 33.4 Å². The molecule has 0 radical (unpaired) electrons. The fourth-order valence-electron chi connectivity index (χ4n) is 2.17. The number of nitrogen functional groups attached to an aromatic ring is 1. The van der Waals surface area contributed by atoms with E-state index in [9.17, 15) is 9.59 Å². The van der Waals surface area contributed by atoms with Crippen molar-refractivity contribution in [3.05, 3.63) is 62.4 Å². The Morgan fingerprint density at radius 1 is 1.20 bits per heavy atom. The van der Waals surface area contributed by atoms with E-state index in [1.165, 1.54) is 15.3 Å². The van der Waals surface area contributed by atoms with Gasteiger partial charge in [0.05, 0.1) is 6.54 Å². The van der Waals surface area contributed by atoms with E-state index in [1.807, 2.05) is 38.1 Å². The maximum absolute atomic E-state index is 12.3. The summed E-state index contributed by atoms with van der Waals surface area (Å²) in [5.41, 5.74) is 7.08. The molecule has 0 atom stereocenters. The second-order valence-corrected chi connectivity index (χ2v) is 4.88. The van der Waals surface area contributed by atoms with Crippen molar-refractivity contribution < 1.29 is 0 Å². The first kappa shape index (κ1) is 14.1. The van der Waals surface area contributed by atoms with Crippen molar-refractivity contribution >= 4 is 5.69 Å². The SMILES string of the molecule is CCCn1cc(N)c(=O)n(Cc2ccccc2C)c1=O. The normalized spacial score (nSPS) is 10.7. The van der Waals surface area contributed by atoms with Crippen molar-refractivity contribution in [2.75, 3.05) is 5.73 Å². The molecule has 1 aromatic carbocycles. The van der Waals surface area contributed by atoms with Gasteiger partial charge in [0.25, 0.3) is 5.56 Å². The van der Waals surface area contributed by atoms with Crippen LogP contribution in [0.25, 0.3) is 0 Å². The van der Waals surface area contributed by atoms with Gasteiger partial charge in [-0.05, 0) is 24.5 Å². The van der Waals surface area contributed by atoms with Crippen LogP contribution in [0.3, 0.4) is 0 Å². The summed E-state index contributed by atoms with van der Waals surface area (Å²) in [5, 5.41) is 0. The molecule has 2 rings (SSSR count). The van der Waals surface area contributed by atoms with Crippen molar-refractivity contribution in [3.8, 4) is 0 Å². The summed E-state index contributed by atoms with van der Waals surface area (Å²) in [7, 11) is 0. The van der Waals surface area contributed by atoms with E-state index >= 15 is 0 Å². The number of hydrogen-bond donors (Lipinski definition) is 1. The van der Waals surface area contributed by atoms with Crippen LogP contribution in [0.15, 0.2) is 40.1 Å². The average Bonchev–Trinajstić information content (AvgIpc) is 2.43. The maximum Gasteiger partial charge on any atom is 0.331 e. The zero-order valence-corrected chi connectivity index (χ0v) is 11.8. The van der Waals surface area contributed by atoms with Gasteiger partial charge in [-0.2, -0.15) is 0 Å². The van der Waals surface area contributed by atoms with E-state index in [0.717, 1.165) is 17.5 Å². The van der Waals surface area contributed by atoms with E-state index < -0.39 is 5.56 Å². The maximum atomic E-state index is 12.3. The lowest BCUT2D eigenvalue weighted by molar-refractivity contribution is 0.573. The van der Waals surface area contributed by atoms with Crippen LogP contribution >= 0.6 is 0 Å². The standard InChI is InChI=1S/C15H19N3O2/c1-3-8-17-10-13(16)14(19)18(15(17)20)9-12-7-5-4-6-11(12)2/h4-7,10H,3,8-9,16H2,1-2H3. The van der Waals surface area contributed by atoms with Crippen LogP contribution in [-0.2, 0) is 13.1 Å². The Morgan fingerprint density at radius 2 is 1.90 bits per heavy atom. The van der Waals surface area contributed by atoms with Gasteiger partial charge in [0, 0.05) is 12.7 Å². The zero-order chi connectivity index (χ0) is 14.7. The van der Waals surface area contributed by atoms with Gasteiger partial charge in [0.15, 0.2) is 0 Å². The smallest absolute Gasteiger partial charge is 0.331 e. The molecular formula is C15H19N3O2. The highest BCUT2D eigenvalue weighted by molar-refractivity contribution is 5.32. The lowest BCUT2D eigenvalue weighted by atomic mass is 10.1. The summed E-state index contributed by atoms with van der Waals surface area (Å²) in [4.78, 5) is 24.4. The van der Waals surface area contributed by atoms with Gasteiger partial charge >= 0.3 is 5.69 Å². The molecule has 5 heteroatoms. The molecule has 0 spiro atoms. The number of hydrogen-bond acceptors (Lipinski definition) is 3. The van der Waals surface area contributed by atoms with Crippen molar-refractivity contribution in [1.29, 1.82) is 0 Å². The molecule has 1 aromatic heterocycles. The van der Waals surface area contributed by atoms with Gasteiger partial charge in [-0.25, -0.2) is 4.79 Å². The molecule has 0 aliphatic carbocycles. The number of nitrogens with two attached hydrogens (primary N) is 1. The Labute approximate surface area is 117 Å². The number of nitrogens with zero attached hydrogens (tertiary/aromatic N) is 2. The predicted molar refractivity (Wildman–Crippen MR) is 79.9 cm³/mol. The third kappa shape index (κ3) is 2.66. The van der Waals surface area contributed by atoms with Crippen LogP contribution in [0.2, 0.25) is 0 Å². The molecule has 0 saturated carbocycles. The highest BCUT2D eigenvalue weighted by Crippen LogP contribution is 2.07. The molecule has 0 saturated heterocycles. The second kappa shape index (κ2) is 5.77. The number of aryl methyl sites for hydroxylation is 2. The van der Waals surface area contributed by atoms with Gasteiger partial charge in [0.2, 0.25) is 0 Å². The van der Waals surface area contributed by atoms with Gasteiger partial charge in [0.1, 0.15) is 5.69 Å². The third-order valence-electron chi connectivity index (χ3n) is 3.32. The van der Waals surface area contributed by atoms with Crippen molar-refractivity contribution in [2.24, 2.45) is 0 Å². The molecule has 5 nitrogen and oxygen atoms in total. The summed E-state index contributed by atoms with van der Waals surface area (Å²) in [6.07, 6.45) is 2.24. The minimum Gasteiger partial charge on any atom is -0.393 e. The molecule has 0 aliphatic heterocycles. The number of anilines is 1. The van der Waals surface area contributed by atoms with Crippen LogP contribution in [0.5, 0.6) is 0 Å². The molecular weight excluding hydrogens is 254 g/mol. The van der Waals surface area contributed by atoms with E-state index in [1.54, 1.807) is 0 Å². The Kier molecular flexibility index (Phi) is 4.08. The number of rotatable bonds is 4. The van der Waals surface area contributed by atoms with Crippen LogP contribution < -0.4 is 17.0 Å². The first-order chi connectivity index (χ1) is 9.54. The zero-order valence-electron chi connectivity index (χ0n) is 11.8. The van der Waals surface area contributed by atoms with E-state index in [4.69, 9.17) is 5.73 Å². The summed E-state index contributed by atoms with van der Waals surface area (Å²) < 4.78 is 2.70. The highest BCUT2D eigenvalue weighted by Gasteiger charge is 2.10. The fraction of sp³-hybridized carbons (Fsp3) is 0.333. The minimum absolute atomic E-state index is 0.103. The second-order valence-electron chi connectivity index (χ2n) is 4.88. The predicted octanol–water partition coefficient (Wildman–Crippen LogP) is 1.36. The summed E-state index contributed by atoms with van der Waals surface area (Å²) >= 11 is 0. The monoisotopic (exact) mass is 273 g/mol. The molecule has 2 N–H and O–H groups in total. The number of benzene rings is 1. The highest BCUT2D eigenvalue weighted by atomic mass is 16.2. The van der Waals surface area contributed by atoms with Gasteiger partial charge in [-0.1, -0.05) is 31.2 Å². The van der Waals surface area contributed by atoms with E-state index in [-0.39, 0.29) is 17.9 Å². The Bertz CT molecular complexity index is 729. The van der Waals surface area contributed by atoms with Gasteiger partial charge in [-0.3, -0.25) is 13.9 Å². The topological polar surface area (TPSA) is 70.0 Å². The van der Waals surface area contributed by atoms with Crippen molar-refractivity contribution in [1.82, 2.24) is 9.13 Å². The molecule has 2 aromatic rings. The molecule has 20 heavy (non-hydrogen) atoms. The van der Waals surface area contributed by atoms with Crippen LogP contribution in [0, 0.1) is 6.92 Å². The molecule has 1 heterocycles. The van der Waals surface area contributed by atoms with Crippen LogP contribution in [-0.4, -0.2) is 9.13 Å². The minimum atomic E-state index is -0.425. The summed E-state index contributed by atoms with van der Waals surface area (Å²) in [6, 6.07) is 7.69. The molecule has 106 valence electrons. The van der Waals surface area contributed by atoms with Crippen molar-refractivity contribution in [3.63, 3.8) is 0 Å². The molecule has 0 aliphatic rings. The Balaban J connectivity index is 2.54. The lowest BCUT2D eigenvalue weighted by Gasteiger charge is -2.12. The van der Waals surface area contributed by atoms with Gasteiger partial charge < -0.3 is 5.73 Å². The first-order valence-electron chi connectivity index (χ1n) is 6.69. The lowest BCUT2D eigenvalue weighted by Crippen LogP contribution is -2.41. The molecule has 0 fully saturated rings. The largest absolute Gasteiger partial charge is 0.393 e. The molecule has 0 amide bonds. The first-order valence-corrected chi connectivity index (χ1v) is 6.69. The number of aromatic nitrogens is 2.